The number of amides is 2. The fourth-order valence-corrected chi connectivity index (χ4v) is 2.98. The van der Waals surface area contributed by atoms with Crippen LogP contribution in [-0.4, -0.2) is 80.8 Å². The molecule has 3 rings (SSSR count). The zero-order chi connectivity index (χ0) is 17.1. The number of carbonyl (C=O) groups is 1. The zero-order valence-corrected chi connectivity index (χ0v) is 13.7. The molecule has 24 heavy (non-hydrogen) atoms. The number of rotatable bonds is 6. The summed E-state index contributed by atoms with van der Waals surface area (Å²) in [6.45, 7) is 4.99. The Bertz CT molecular complexity index is 651. The van der Waals surface area contributed by atoms with E-state index >= 15 is 0 Å². The van der Waals surface area contributed by atoms with Crippen molar-refractivity contribution < 1.29 is 9.72 Å². The van der Waals surface area contributed by atoms with Crippen LogP contribution in [0.5, 0.6) is 0 Å². The van der Waals surface area contributed by atoms with Crippen LogP contribution in [0.2, 0.25) is 0 Å². The highest BCUT2D eigenvalue weighted by molar-refractivity contribution is 5.80. The first-order valence-corrected chi connectivity index (χ1v) is 8.05. The van der Waals surface area contributed by atoms with Crippen molar-refractivity contribution in [3.05, 3.63) is 22.1 Å². The molecule has 0 unspecified atom stereocenters. The molecule has 130 valence electrons. The summed E-state index contributed by atoms with van der Waals surface area (Å²) in [4.78, 5) is 30.7. The molecule has 10 nitrogen and oxygen atoms in total. The van der Waals surface area contributed by atoms with Crippen LogP contribution in [0.15, 0.2) is 11.3 Å². The average molecular weight is 335 g/mol. The second-order valence-electron chi connectivity index (χ2n) is 5.98. The minimum atomic E-state index is -0.508. The monoisotopic (exact) mass is 335 g/mol. The summed E-state index contributed by atoms with van der Waals surface area (Å²) in [7, 11) is 1.54. The molecule has 2 aliphatic heterocycles. The number of likely N-dealkylation sites (tertiary alicyclic amines) is 1. The lowest BCUT2D eigenvalue weighted by Crippen LogP contribution is -2.36. The van der Waals surface area contributed by atoms with Gasteiger partial charge in [-0.25, -0.2) is 19.4 Å². The molecular formula is C14H21N7O3. The van der Waals surface area contributed by atoms with Crippen molar-refractivity contribution in [3.8, 4) is 0 Å². The summed E-state index contributed by atoms with van der Waals surface area (Å²) in [6, 6.07) is -0.130. The molecule has 1 aromatic rings. The largest absolute Gasteiger partial charge is 0.358 e. The number of imidazole rings is 1. The molecule has 0 aliphatic carbocycles. The number of nitro groups is 1. The van der Waals surface area contributed by atoms with Gasteiger partial charge in [0.05, 0.1) is 13.6 Å². The van der Waals surface area contributed by atoms with Gasteiger partial charge in [0.15, 0.2) is 0 Å². The quantitative estimate of drug-likeness (QED) is 0.428. The summed E-state index contributed by atoms with van der Waals surface area (Å²) in [6.07, 6.45) is 5.03. The smallest absolute Gasteiger partial charge is 0.342 e. The van der Waals surface area contributed by atoms with Gasteiger partial charge in [0.2, 0.25) is 5.82 Å². The van der Waals surface area contributed by atoms with Crippen LogP contribution < -0.4 is 0 Å². The van der Waals surface area contributed by atoms with Gasteiger partial charge in [-0.2, -0.15) is 5.10 Å². The van der Waals surface area contributed by atoms with Gasteiger partial charge in [-0.15, -0.1) is 0 Å². The first-order valence-electron chi connectivity index (χ1n) is 8.05. The maximum atomic E-state index is 12.3. The van der Waals surface area contributed by atoms with Gasteiger partial charge in [-0.3, -0.25) is 0 Å². The van der Waals surface area contributed by atoms with Crippen molar-refractivity contribution in [2.24, 2.45) is 12.1 Å². The molecule has 2 fully saturated rings. The maximum Gasteiger partial charge on any atom is 0.342 e. The van der Waals surface area contributed by atoms with Crippen LogP contribution >= 0.6 is 0 Å². The van der Waals surface area contributed by atoms with Gasteiger partial charge in [0.1, 0.15) is 12.4 Å². The van der Waals surface area contributed by atoms with Crippen molar-refractivity contribution in [2.75, 3.05) is 39.3 Å². The van der Waals surface area contributed by atoms with Gasteiger partial charge >= 0.3 is 11.8 Å². The van der Waals surface area contributed by atoms with E-state index in [1.165, 1.54) is 34.8 Å². The third kappa shape index (κ3) is 3.37. The van der Waals surface area contributed by atoms with E-state index in [2.05, 4.69) is 15.0 Å². The van der Waals surface area contributed by atoms with Crippen LogP contribution in [0, 0.1) is 10.1 Å². The average Bonchev–Trinajstić information content (AvgIpc) is 3.25. The summed E-state index contributed by atoms with van der Waals surface area (Å²) >= 11 is 0. The fraction of sp³-hybridized carbons (Fsp3) is 0.643. The lowest BCUT2D eigenvalue weighted by Gasteiger charge is -2.20. The molecule has 0 atom stereocenters. The Hall–Kier alpha value is -2.49. The van der Waals surface area contributed by atoms with E-state index in [-0.39, 0.29) is 11.8 Å². The Kier molecular flexibility index (Phi) is 4.74. The first kappa shape index (κ1) is 16.4. The van der Waals surface area contributed by atoms with Gasteiger partial charge in [0, 0.05) is 19.6 Å². The molecule has 0 saturated carbocycles. The van der Waals surface area contributed by atoms with Gasteiger partial charge in [0.25, 0.3) is 0 Å². The number of carbonyl (C=O) groups excluding carboxylic acids is 1. The highest BCUT2D eigenvalue weighted by atomic mass is 16.6. The van der Waals surface area contributed by atoms with Gasteiger partial charge < -0.3 is 19.9 Å². The van der Waals surface area contributed by atoms with Gasteiger partial charge in [-0.05, 0) is 30.9 Å². The van der Waals surface area contributed by atoms with Crippen LogP contribution in [0.1, 0.15) is 18.7 Å². The van der Waals surface area contributed by atoms with Crippen LogP contribution in [0.3, 0.4) is 0 Å². The van der Waals surface area contributed by atoms with E-state index < -0.39 is 4.92 Å². The lowest BCUT2D eigenvalue weighted by molar-refractivity contribution is -0.391. The molecule has 2 amide bonds. The third-order valence-electron chi connectivity index (χ3n) is 4.46. The van der Waals surface area contributed by atoms with E-state index in [9.17, 15) is 14.9 Å². The standard InChI is InChI=1S/C14H21N7O3/c1-17-12(15-11-13(17)21(23)24)10-16-20-9-8-19(14(20)22)7-6-18-4-2-3-5-18/h10-11H,2-9H2,1H3. The minimum absolute atomic E-state index is 0.114. The number of hydrogen-bond donors (Lipinski definition) is 0. The first-order chi connectivity index (χ1) is 11.6. The van der Waals surface area contributed by atoms with Crippen molar-refractivity contribution in [1.82, 2.24) is 24.4 Å². The predicted octanol–water partition coefficient (Wildman–Crippen LogP) is 0.496. The topological polar surface area (TPSA) is 100 Å². The Morgan fingerprint density at radius 1 is 1.29 bits per heavy atom. The van der Waals surface area contributed by atoms with Crippen LogP contribution in [-0.2, 0) is 7.05 Å². The van der Waals surface area contributed by atoms with E-state index in [4.69, 9.17) is 0 Å². The van der Waals surface area contributed by atoms with Crippen molar-refractivity contribution in [3.63, 3.8) is 0 Å². The number of hydrazone groups is 1. The lowest BCUT2D eigenvalue weighted by atomic mass is 10.4. The van der Waals surface area contributed by atoms with E-state index in [0.717, 1.165) is 19.6 Å². The van der Waals surface area contributed by atoms with E-state index in [1.54, 1.807) is 11.9 Å². The molecule has 0 bridgehead atoms. The molecule has 2 aliphatic rings. The normalized spacial score (nSPS) is 19.1. The molecule has 2 saturated heterocycles. The highest BCUT2D eigenvalue weighted by Gasteiger charge is 2.28. The van der Waals surface area contributed by atoms with Crippen molar-refractivity contribution in [1.29, 1.82) is 0 Å². The SMILES string of the molecule is Cn1c([N+](=O)[O-])cnc1C=NN1CCN(CCN2CCCC2)C1=O. The summed E-state index contributed by atoms with van der Waals surface area (Å²) < 4.78 is 1.33. The number of nitrogens with zero attached hydrogens (tertiary/aromatic N) is 7. The summed E-state index contributed by atoms with van der Waals surface area (Å²) in [5.74, 6) is 0.224. The Labute approximate surface area is 139 Å². The predicted molar refractivity (Wildman–Crippen MR) is 86.8 cm³/mol. The molecule has 1 aromatic heterocycles. The number of aromatic nitrogens is 2. The zero-order valence-electron chi connectivity index (χ0n) is 13.7. The van der Waals surface area contributed by atoms with Crippen molar-refractivity contribution in [2.45, 2.75) is 12.8 Å². The minimum Gasteiger partial charge on any atom is -0.358 e. The Morgan fingerprint density at radius 2 is 2.04 bits per heavy atom. The number of hydrogen-bond acceptors (Lipinski definition) is 6. The Balaban J connectivity index is 1.56. The summed E-state index contributed by atoms with van der Waals surface area (Å²) in [5.41, 5.74) is 0. The van der Waals surface area contributed by atoms with Crippen LogP contribution in [0.4, 0.5) is 10.6 Å². The molecule has 0 spiro atoms. The van der Waals surface area contributed by atoms with E-state index in [0.29, 0.717) is 25.5 Å². The van der Waals surface area contributed by atoms with Crippen LogP contribution in [0.25, 0.3) is 0 Å². The molecule has 10 heteroatoms. The molecule has 0 N–H and O–H groups in total. The van der Waals surface area contributed by atoms with E-state index in [1.807, 2.05) is 0 Å². The molecule has 0 aromatic carbocycles. The number of urea groups is 1. The molecule has 3 heterocycles. The van der Waals surface area contributed by atoms with Crippen molar-refractivity contribution >= 4 is 18.1 Å². The second kappa shape index (κ2) is 6.95. The summed E-state index contributed by atoms with van der Waals surface area (Å²) in [5, 5.41) is 16.3. The molecular weight excluding hydrogens is 314 g/mol. The fourth-order valence-electron chi connectivity index (χ4n) is 2.98. The Morgan fingerprint density at radius 3 is 2.71 bits per heavy atom. The third-order valence-corrected chi connectivity index (χ3v) is 4.46. The second-order valence-corrected chi connectivity index (χ2v) is 5.98. The molecule has 0 radical (unpaired) electrons. The highest BCUT2D eigenvalue weighted by Crippen LogP contribution is 2.13. The van der Waals surface area contributed by atoms with Gasteiger partial charge in [-0.1, -0.05) is 0 Å². The maximum absolute atomic E-state index is 12.3.